The van der Waals surface area contributed by atoms with E-state index in [-0.39, 0.29) is 5.78 Å². The third-order valence-electron chi connectivity index (χ3n) is 2.42. The first-order valence-corrected chi connectivity index (χ1v) is 6.58. The van der Waals surface area contributed by atoms with E-state index in [1.54, 1.807) is 25.1 Å². The third kappa shape index (κ3) is 2.65. The molecular weight excluding hydrogens is 212 g/mol. The van der Waals surface area contributed by atoms with Crippen LogP contribution in [0.4, 0.5) is 0 Å². The number of rotatable bonds is 3. The van der Waals surface area contributed by atoms with Crippen LogP contribution in [0.5, 0.6) is 0 Å². The molecule has 0 heterocycles. The van der Waals surface area contributed by atoms with Gasteiger partial charge in [0.25, 0.3) is 0 Å². The second-order valence-electron chi connectivity index (χ2n) is 3.65. The van der Waals surface area contributed by atoms with Gasteiger partial charge in [-0.3, -0.25) is 4.79 Å². The van der Waals surface area contributed by atoms with Crippen LogP contribution < -0.4 is 0 Å². The predicted octanol–water partition coefficient (Wildman–Crippen LogP) is 1.61. The van der Waals surface area contributed by atoms with Crippen LogP contribution in [0, 0.1) is 6.92 Å². The number of hydrogen-bond donors (Lipinski definition) is 0. The summed E-state index contributed by atoms with van der Waals surface area (Å²) in [4.78, 5) is 11.8. The van der Waals surface area contributed by atoms with Gasteiger partial charge >= 0.3 is 0 Å². The monoisotopic (exact) mass is 226 g/mol. The summed E-state index contributed by atoms with van der Waals surface area (Å²) in [5.41, 5.74) is 1.29. The minimum atomic E-state index is -3.32. The number of hydrogen-bond acceptors (Lipinski definition) is 3. The van der Waals surface area contributed by atoms with E-state index in [9.17, 15) is 13.2 Å². The first kappa shape index (κ1) is 11.9. The number of benzene rings is 1. The molecule has 0 fully saturated rings. The van der Waals surface area contributed by atoms with Crippen LogP contribution in [0.3, 0.4) is 0 Å². The van der Waals surface area contributed by atoms with Gasteiger partial charge in [0.2, 0.25) is 0 Å². The van der Waals surface area contributed by atoms with E-state index in [0.29, 0.717) is 5.56 Å². The molecule has 0 aliphatic heterocycles. The molecule has 0 radical (unpaired) electrons. The van der Waals surface area contributed by atoms with Crippen LogP contribution in [0.15, 0.2) is 24.3 Å². The minimum absolute atomic E-state index is 0.337. The zero-order chi connectivity index (χ0) is 11.6. The Morgan fingerprint density at radius 3 is 2.27 bits per heavy atom. The van der Waals surface area contributed by atoms with Crippen molar-refractivity contribution in [2.24, 2.45) is 0 Å². The van der Waals surface area contributed by atoms with Gasteiger partial charge in [0, 0.05) is 11.8 Å². The molecule has 3 nitrogen and oxygen atoms in total. The van der Waals surface area contributed by atoms with Gasteiger partial charge in [-0.2, -0.15) is 0 Å². The summed E-state index contributed by atoms with van der Waals surface area (Å²) in [6, 6.07) is 6.99. The topological polar surface area (TPSA) is 51.2 Å². The number of ketones is 1. The summed E-state index contributed by atoms with van der Waals surface area (Å²) in [6.07, 6.45) is 1.08. The standard InChI is InChI=1S/C11H14O3S/c1-8-6-4-5-7-10(8)11(12)9(2)15(3,13)14/h4-7,9H,1-3H3/t9-/m0/s1. The maximum Gasteiger partial charge on any atom is 0.180 e. The summed E-state index contributed by atoms with van der Waals surface area (Å²) < 4.78 is 22.5. The van der Waals surface area contributed by atoms with Crippen molar-refractivity contribution >= 4 is 15.6 Å². The Morgan fingerprint density at radius 2 is 1.80 bits per heavy atom. The molecule has 0 unspecified atom stereocenters. The molecule has 0 N–H and O–H groups in total. The van der Waals surface area contributed by atoms with E-state index in [4.69, 9.17) is 0 Å². The summed E-state index contributed by atoms with van der Waals surface area (Å²) >= 11 is 0. The second kappa shape index (κ2) is 4.14. The molecule has 0 amide bonds. The van der Waals surface area contributed by atoms with Gasteiger partial charge in [-0.1, -0.05) is 24.3 Å². The summed E-state index contributed by atoms with van der Waals surface area (Å²) in [5, 5.41) is -0.974. The SMILES string of the molecule is Cc1ccccc1C(=O)[C@H](C)S(C)(=O)=O. The van der Waals surface area contributed by atoms with Gasteiger partial charge in [0.15, 0.2) is 15.6 Å². The average Bonchev–Trinajstić information content (AvgIpc) is 2.15. The van der Waals surface area contributed by atoms with Gasteiger partial charge in [-0.05, 0) is 19.4 Å². The molecule has 1 rings (SSSR count). The fourth-order valence-corrected chi connectivity index (χ4v) is 1.78. The summed E-state index contributed by atoms with van der Waals surface area (Å²) in [7, 11) is -3.32. The van der Waals surface area contributed by atoms with Crippen molar-refractivity contribution in [1.82, 2.24) is 0 Å². The zero-order valence-electron chi connectivity index (χ0n) is 9.02. The van der Waals surface area contributed by atoms with Crippen LogP contribution in [-0.2, 0) is 9.84 Å². The van der Waals surface area contributed by atoms with Crippen molar-refractivity contribution < 1.29 is 13.2 Å². The molecule has 0 aliphatic carbocycles. The molecule has 82 valence electrons. The highest BCUT2D eigenvalue weighted by Gasteiger charge is 2.25. The van der Waals surface area contributed by atoms with Crippen molar-refractivity contribution in [3.8, 4) is 0 Å². The molecule has 0 saturated heterocycles. The Balaban J connectivity index is 3.12. The molecule has 0 saturated carbocycles. The highest BCUT2D eigenvalue weighted by atomic mass is 32.2. The zero-order valence-corrected chi connectivity index (χ0v) is 9.84. The molecule has 15 heavy (non-hydrogen) atoms. The average molecular weight is 226 g/mol. The van der Waals surface area contributed by atoms with E-state index < -0.39 is 15.1 Å². The van der Waals surface area contributed by atoms with E-state index in [1.807, 2.05) is 6.07 Å². The number of sulfone groups is 1. The lowest BCUT2D eigenvalue weighted by molar-refractivity contribution is 0.0991. The van der Waals surface area contributed by atoms with Crippen molar-refractivity contribution in [2.45, 2.75) is 19.1 Å². The Labute approximate surface area is 90.0 Å². The van der Waals surface area contributed by atoms with E-state index in [2.05, 4.69) is 0 Å². The van der Waals surface area contributed by atoms with Crippen LogP contribution in [0.1, 0.15) is 22.8 Å². The molecule has 0 bridgehead atoms. The number of carbonyl (C=O) groups is 1. The van der Waals surface area contributed by atoms with Gasteiger partial charge in [0.05, 0.1) is 0 Å². The molecule has 4 heteroatoms. The van der Waals surface area contributed by atoms with Crippen molar-refractivity contribution in [1.29, 1.82) is 0 Å². The molecule has 1 aromatic carbocycles. The van der Waals surface area contributed by atoms with Crippen molar-refractivity contribution in [3.05, 3.63) is 35.4 Å². The summed E-state index contributed by atoms with van der Waals surface area (Å²) in [6.45, 7) is 3.21. The van der Waals surface area contributed by atoms with Gasteiger partial charge in [-0.25, -0.2) is 8.42 Å². The lowest BCUT2D eigenvalue weighted by Gasteiger charge is -2.09. The second-order valence-corrected chi connectivity index (χ2v) is 6.02. The smallest absolute Gasteiger partial charge is 0.180 e. The Bertz CT molecular complexity index is 474. The Morgan fingerprint density at radius 1 is 1.27 bits per heavy atom. The minimum Gasteiger partial charge on any atom is -0.293 e. The summed E-state index contributed by atoms with van der Waals surface area (Å²) in [5.74, 6) is -0.337. The largest absolute Gasteiger partial charge is 0.293 e. The molecular formula is C11H14O3S. The first-order valence-electron chi connectivity index (χ1n) is 4.62. The normalized spacial score (nSPS) is 13.5. The highest BCUT2D eigenvalue weighted by molar-refractivity contribution is 7.92. The van der Waals surface area contributed by atoms with Gasteiger partial charge in [-0.15, -0.1) is 0 Å². The van der Waals surface area contributed by atoms with Crippen molar-refractivity contribution in [2.75, 3.05) is 6.26 Å². The van der Waals surface area contributed by atoms with E-state index >= 15 is 0 Å². The first-order chi connectivity index (χ1) is 6.84. The maximum absolute atomic E-state index is 11.8. The van der Waals surface area contributed by atoms with Gasteiger partial charge < -0.3 is 0 Å². The third-order valence-corrected chi connectivity index (χ3v) is 3.92. The van der Waals surface area contributed by atoms with Gasteiger partial charge in [0.1, 0.15) is 5.25 Å². The Hall–Kier alpha value is -1.16. The van der Waals surface area contributed by atoms with Crippen molar-refractivity contribution in [3.63, 3.8) is 0 Å². The maximum atomic E-state index is 11.8. The van der Waals surface area contributed by atoms with Crippen LogP contribution >= 0.6 is 0 Å². The molecule has 0 aromatic heterocycles. The fraction of sp³-hybridized carbons (Fsp3) is 0.364. The van der Waals surface area contributed by atoms with Crippen LogP contribution in [0.2, 0.25) is 0 Å². The van der Waals surface area contributed by atoms with Crippen LogP contribution in [-0.4, -0.2) is 25.7 Å². The Kier molecular flexibility index (Phi) is 3.29. The number of Topliss-reactive ketones (excluding diaryl/α,β-unsaturated/α-hetero) is 1. The number of aryl methyl sites for hydroxylation is 1. The quantitative estimate of drug-likeness (QED) is 0.736. The lowest BCUT2D eigenvalue weighted by atomic mass is 10.0. The molecule has 1 atom stereocenters. The van der Waals surface area contributed by atoms with E-state index in [0.717, 1.165) is 11.8 Å². The fourth-order valence-electron chi connectivity index (χ4n) is 1.26. The van der Waals surface area contributed by atoms with Crippen LogP contribution in [0.25, 0.3) is 0 Å². The lowest BCUT2D eigenvalue weighted by Crippen LogP contribution is -2.26. The number of carbonyl (C=O) groups excluding carboxylic acids is 1. The molecule has 1 aromatic rings. The molecule has 0 aliphatic rings. The highest BCUT2D eigenvalue weighted by Crippen LogP contribution is 2.13. The molecule has 0 spiro atoms. The van der Waals surface area contributed by atoms with E-state index in [1.165, 1.54) is 6.92 Å². The predicted molar refractivity (Wildman–Crippen MR) is 59.8 cm³/mol.